The van der Waals surface area contributed by atoms with Gasteiger partial charge in [-0.25, -0.2) is 4.79 Å². The van der Waals surface area contributed by atoms with Gasteiger partial charge in [0.25, 0.3) is 5.91 Å². The summed E-state index contributed by atoms with van der Waals surface area (Å²) in [5.41, 5.74) is 0.836. The van der Waals surface area contributed by atoms with Crippen molar-refractivity contribution in [1.29, 1.82) is 0 Å². The Hall–Kier alpha value is -3.06. The van der Waals surface area contributed by atoms with E-state index in [0.29, 0.717) is 42.9 Å². The quantitative estimate of drug-likeness (QED) is 0.642. The molecule has 3 rings (SSSR count). The van der Waals surface area contributed by atoms with Gasteiger partial charge in [0.2, 0.25) is 5.91 Å². The Labute approximate surface area is 205 Å². The first-order valence-corrected chi connectivity index (χ1v) is 11.9. The van der Waals surface area contributed by atoms with Crippen molar-refractivity contribution in [3.63, 3.8) is 0 Å². The minimum atomic E-state index is -0.707. The first kappa shape index (κ1) is 25.6. The molecule has 0 aliphatic carbocycles. The molecule has 2 aromatic carbocycles. The molecule has 8 heteroatoms. The Bertz CT molecular complexity index is 981. The molecule has 0 bridgehead atoms. The normalized spacial score (nSPS) is 15.4. The number of rotatable bonds is 6. The summed E-state index contributed by atoms with van der Waals surface area (Å²) in [5.74, 6) is -0.464. The molecule has 1 aliphatic rings. The highest BCUT2D eigenvalue weighted by Crippen LogP contribution is 2.16. The molecule has 0 spiro atoms. The number of carbonyl (C=O) groups excluding carboxylic acids is 3. The number of carbonyl (C=O) groups is 3. The van der Waals surface area contributed by atoms with Gasteiger partial charge in [0.1, 0.15) is 11.6 Å². The van der Waals surface area contributed by atoms with E-state index in [1.807, 2.05) is 51.1 Å². The van der Waals surface area contributed by atoms with Gasteiger partial charge in [0, 0.05) is 36.1 Å². The molecule has 1 saturated heterocycles. The van der Waals surface area contributed by atoms with E-state index in [9.17, 15) is 14.4 Å². The van der Waals surface area contributed by atoms with E-state index in [1.54, 1.807) is 29.2 Å². The number of halogens is 1. The number of nitrogens with one attached hydrogen (secondary N) is 2. The summed E-state index contributed by atoms with van der Waals surface area (Å²) in [6.45, 7) is 6.43. The third kappa shape index (κ3) is 7.76. The molecular formula is C26H32ClN3O4. The van der Waals surface area contributed by atoms with Gasteiger partial charge in [0.15, 0.2) is 0 Å². The number of amides is 3. The Kier molecular flexibility index (Phi) is 8.56. The largest absolute Gasteiger partial charge is 0.444 e. The van der Waals surface area contributed by atoms with Crippen LogP contribution in [-0.4, -0.2) is 53.6 Å². The first-order valence-electron chi connectivity index (χ1n) is 11.5. The number of benzene rings is 2. The molecule has 1 unspecified atom stereocenters. The summed E-state index contributed by atoms with van der Waals surface area (Å²) < 4.78 is 5.33. The van der Waals surface area contributed by atoms with Gasteiger partial charge in [-0.2, -0.15) is 0 Å². The van der Waals surface area contributed by atoms with Crippen LogP contribution >= 0.6 is 11.6 Å². The Morgan fingerprint density at radius 1 is 1.03 bits per heavy atom. The van der Waals surface area contributed by atoms with Crippen LogP contribution in [0.1, 0.15) is 49.5 Å². The van der Waals surface area contributed by atoms with Crippen LogP contribution in [0, 0.1) is 0 Å². The monoisotopic (exact) mass is 485 g/mol. The van der Waals surface area contributed by atoms with Crippen LogP contribution in [0.25, 0.3) is 0 Å². The van der Waals surface area contributed by atoms with Crippen LogP contribution in [0.4, 0.5) is 4.79 Å². The maximum atomic E-state index is 13.4. The average molecular weight is 486 g/mol. The van der Waals surface area contributed by atoms with Gasteiger partial charge in [0.05, 0.1) is 0 Å². The van der Waals surface area contributed by atoms with Crippen molar-refractivity contribution >= 4 is 29.5 Å². The van der Waals surface area contributed by atoms with E-state index in [0.717, 1.165) is 5.56 Å². The second-order valence-corrected chi connectivity index (χ2v) is 9.90. The van der Waals surface area contributed by atoms with E-state index in [-0.39, 0.29) is 17.9 Å². The third-order valence-electron chi connectivity index (χ3n) is 5.52. The van der Waals surface area contributed by atoms with Crippen molar-refractivity contribution in [2.75, 3.05) is 13.1 Å². The number of alkyl carbamates (subject to hydrolysis) is 1. The minimum Gasteiger partial charge on any atom is -0.444 e. The minimum absolute atomic E-state index is 0.0601. The lowest BCUT2D eigenvalue weighted by Crippen LogP contribution is -2.54. The molecule has 0 saturated carbocycles. The summed E-state index contributed by atoms with van der Waals surface area (Å²) in [6, 6.07) is 15.4. The molecule has 7 nitrogen and oxygen atoms in total. The van der Waals surface area contributed by atoms with Crippen molar-refractivity contribution in [2.24, 2.45) is 0 Å². The highest BCUT2D eigenvalue weighted by Gasteiger charge is 2.31. The molecule has 0 radical (unpaired) electrons. The molecular weight excluding hydrogens is 454 g/mol. The number of ether oxygens (including phenoxy) is 1. The number of hydrogen-bond acceptors (Lipinski definition) is 4. The number of hydrogen-bond donors (Lipinski definition) is 2. The topological polar surface area (TPSA) is 87.7 Å². The lowest BCUT2D eigenvalue weighted by molar-refractivity contribution is -0.134. The maximum Gasteiger partial charge on any atom is 0.407 e. The van der Waals surface area contributed by atoms with E-state index in [2.05, 4.69) is 10.6 Å². The maximum absolute atomic E-state index is 13.4. The Morgan fingerprint density at radius 3 is 2.24 bits per heavy atom. The molecule has 1 fully saturated rings. The summed E-state index contributed by atoms with van der Waals surface area (Å²) in [5, 5.41) is 6.33. The van der Waals surface area contributed by atoms with Crippen molar-refractivity contribution in [3.8, 4) is 0 Å². The molecule has 1 atom stereocenters. The van der Waals surface area contributed by atoms with Gasteiger partial charge >= 0.3 is 6.09 Å². The zero-order valence-electron chi connectivity index (χ0n) is 19.8. The summed E-state index contributed by atoms with van der Waals surface area (Å²) >= 11 is 5.93. The van der Waals surface area contributed by atoms with Crippen LogP contribution < -0.4 is 10.6 Å². The Balaban J connectivity index is 1.64. The zero-order chi connectivity index (χ0) is 24.7. The average Bonchev–Trinajstić information content (AvgIpc) is 2.78. The smallest absolute Gasteiger partial charge is 0.407 e. The van der Waals surface area contributed by atoms with Gasteiger partial charge in [-0.05, 0) is 63.4 Å². The van der Waals surface area contributed by atoms with Crippen LogP contribution in [0.5, 0.6) is 0 Å². The number of likely N-dealkylation sites (tertiary alicyclic amines) is 1. The lowest BCUT2D eigenvalue weighted by atomic mass is 10.0. The molecule has 2 aromatic rings. The van der Waals surface area contributed by atoms with Crippen LogP contribution in [-0.2, 0) is 16.0 Å². The van der Waals surface area contributed by atoms with E-state index >= 15 is 0 Å². The van der Waals surface area contributed by atoms with E-state index in [4.69, 9.17) is 16.3 Å². The van der Waals surface area contributed by atoms with Crippen molar-refractivity contribution in [3.05, 3.63) is 70.7 Å². The highest BCUT2D eigenvalue weighted by molar-refractivity contribution is 6.30. The van der Waals surface area contributed by atoms with Crippen molar-refractivity contribution in [1.82, 2.24) is 15.5 Å². The first-order chi connectivity index (χ1) is 16.1. The van der Waals surface area contributed by atoms with Crippen LogP contribution in [0.15, 0.2) is 54.6 Å². The van der Waals surface area contributed by atoms with Crippen molar-refractivity contribution < 1.29 is 19.1 Å². The van der Waals surface area contributed by atoms with E-state index < -0.39 is 17.7 Å². The fourth-order valence-electron chi connectivity index (χ4n) is 3.83. The van der Waals surface area contributed by atoms with Gasteiger partial charge in [-0.15, -0.1) is 0 Å². The summed E-state index contributed by atoms with van der Waals surface area (Å²) in [7, 11) is 0. The summed E-state index contributed by atoms with van der Waals surface area (Å²) in [4.78, 5) is 40.1. The van der Waals surface area contributed by atoms with Gasteiger partial charge in [-0.1, -0.05) is 41.9 Å². The standard InChI is InChI=1S/C26H32ClN3O4/c1-26(2,3)34-25(33)28-21-13-15-30(16-14-21)24(32)22(17-18-7-5-4-6-8-18)29-23(31)19-9-11-20(27)12-10-19/h4-12,21-22H,13-17H2,1-3H3,(H,28,33)(H,29,31). The van der Waals surface area contributed by atoms with Gasteiger partial charge in [-0.3, -0.25) is 9.59 Å². The molecule has 1 heterocycles. The molecule has 0 aromatic heterocycles. The molecule has 1 aliphatic heterocycles. The predicted molar refractivity (Wildman–Crippen MR) is 132 cm³/mol. The number of piperidine rings is 1. The fourth-order valence-corrected chi connectivity index (χ4v) is 3.96. The third-order valence-corrected chi connectivity index (χ3v) is 5.77. The SMILES string of the molecule is CC(C)(C)OC(=O)NC1CCN(C(=O)C(Cc2ccccc2)NC(=O)c2ccc(Cl)cc2)CC1. The fraction of sp³-hybridized carbons (Fsp3) is 0.423. The second-order valence-electron chi connectivity index (χ2n) is 9.47. The Morgan fingerprint density at radius 2 is 1.65 bits per heavy atom. The summed E-state index contributed by atoms with van der Waals surface area (Å²) in [6.07, 6.45) is 1.17. The van der Waals surface area contributed by atoms with Crippen LogP contribution in [0.2, 0.25) is 5.02 Å². The van der Waals surface area contributed by atoms with Gasteiger partial charge < -0.3 is 20.3 Å². The van der Waals surface area contributed by atoms with Crippen LogP contribution in [0.3, 0.4) is 0 Å². The molecule has 3 amide bonds. The highest BCUT2D eigenvalue weighted by atomic mass is 35.5. The molecule has 34 heavy (non-hydrogen) atoms. The lowest BCUT2D eigenvalue weighted by Gasteiger charge is -2.35. The van der Waals surface area contributed by atoms with E-state index in [1.165, 1.54) is 0 Å². The van der Waals surface area contributed by atoms with Crippen molar-refractivity contribution in [2.45, 2.75) is 57.7 Å². The predicted octanol–water partition coefficient (Wildman–Crippen LogP) is 4.20. The molecule has 182 valence electrons. The second kappa shape index (κ2) is 11.4. The zero-order valence-corrected chi connectivity index (χ0v) is 20.6. The molecule has 2 N–H and O–H groups in total. The number of nitrogens with zero attached hydrogens (tertiary/aromatic N) is 1.